The first-order valence-electron chi connectivity index (χ1n) is 12.2. The fourth-order valence-electron chi connectivity index (χ4n) is 5.87. The second kappa shape index (κ2) is 7.76. The maximum absolute atomic E-state index is 2.33. The summed E-state index contributed by atoms with van der Waals surface area (Å²) in [5.74, 6) is 0. The monoisotopic (exact) mass is 492 g/mol. The molecule has 36 heavy (non-hydrogen) atoms. The summed E-state index contributed by atoms with van der Waals surface area (Å²) in [6.07, 6.45) is 0. The van der Waals surface area contributed by atoms with Gasteiger partial charge in [0.15, 0.2) is 0 Å². The maximum Gasteiger partial charge on any atom is 0.0436 e. The van der Waals surface area contributed by atoms with E-state index >= 15 is 0 Å². The van der Waals surface area contributed by atoms with Crippen LogP contribution in [0.2, 0.25) is 0 Å². The van der Waals surface area contributed by atoms with Crippen molar-refractivity contribution >= 4 is 74.5 Å². The van der Waals surface area contributed by atoms with Gasteiger partial charge >= 0.3 is 0 Å². The van der Waals surface area contributed by atoms with Crippen LogP contribution in [0.1, 0.15) is 0 Å². The summed E-state index contributed by atoms with van der Waals surface area (Å²) in [7, 11) is 0. The lowest BCUT2D eigenvalue weighted by atomic mass is 9.85. The molecule has 2 aromatic heterocycles. The molecular weight excluding hydrogens is 473 g/mol. The first-order valence-corrected chi connectivity index (χ1v) is 13.9. The van der Waals surface area contributed by atoms with E-state index in [0.29, 0.717) is 0 Å². The van der Waals surface area contributed by atoms with Crippen molar-refractivity contribution < 1.29 is 0 Å². The summed E-state index contributed by atoms with van der Waals surface area (Å²) < 4.78 is 4.10. The third kappa shape index (κ3) is 2.80. The molecular formula is C34H20S2. The van der Waals surface area contributed by atoms with Crippen LogP contribution in [0.25, 0.3) is 74.1 Å². The number of hydrogen-bond acceptors (Lipinski definition) is 2. The van der Waals surface area contributed by atoms with Crippen LogP contribution in [-0.4, -0.2) is 0 Å². The van der Waals surface area contributed by atoms with Gasteiger partial charge in [0.05, 0.1) is 0 Å². The highest BCUT2D eigenvalue weighted by Gasteiger charge is 2.20. The van der Waals surface area contributed by atoms with Crippen LogP contribution >= 0.6 is 22.7 Å². The van der Waals surface area contributed by atoms with E-state index in [4.69, 9.17) is 0 Å². The van der Waals surface area contributed by atoms with Crippen molar-refractivity contribution in [1.82, 2.24) is 0 Å². The Kier molecular flexibility index (Phi) is 4.36. The van der Waals surface area contributed by atoms with Crippen LogP contribution in [0.15, 0.2) is 121 Å². The van der Waals surface area contributed by atoms with Gasteiger partial charge in [0.2, 0.25) is 0 Å². The molecule has 0 aliphatic rings. The summed E-state index contributed by atoms with van der Waals surface area (Å²) in [5, 5.41) is 11.5. The number of benzene rings is 6. The first-order chi connectivity index (χ1) is 17.9. The highest BCUT2D eigenvalue weighted by Crippen LogP contribution is 2.49. The van der Waals surface area contributed by atoms with Crippen molar-refractivity contribution in [2.45, 2.75) is 0 Å². The third-order valence-corrected chi connectivity index (χ3v) is 9.41. The molecule has 168 valence electrons. The van der Waals surface area contributed by atoms with Gasteiger partial charge in [0, 0.05) is 24.9 Å². The molecule has 0 amide bonds. The third-order valence-electron chi connectivity index (χ3n) is 7.34. The van der Waals surface area contributed by atoms with E-state index in [-0.39, 0.29) is 0 Å². The van der Waals surface area contributed by atoms with Gasteiger partial charge in [-0.05, 0) is 72.8 Å². The Hall–Kier alpha value is -3.98. The Morgan fingerprint density at radius 3 is 1.81 bits per heavy atom. The summed E-state index contributed by atoms with van der Waals surface area (Å²) in [4.78, 5) is 0. The Bertz CT molecular complexity index is 2030. The van der Waals surface area contributed by atoms with E-state index in [1.54, 1.807) is 0 Å². The van der Waals surface area contributed by atoms with Gasteiger partial charge in [-0.2, -0.15) is 0 Å². The van der Waals surface area contributed by atoms with Gasteiger partial charge < -0.3 is 0 Å². The molecule has 0 aliphatic carbocycles. The average molecular weight is 493 g/mol. The maximum atomic E-state index is 2.33. The molecule has 0 nitrogen and oxygen atoms in total. The van der Waals surface area contributed by atoms with Crippen LogP contribution < -0.4 is 0 Å². The van der Waals surface area contributed by atoms with Gasteiger partial charge in [0.25, 0.3) is 0 Å². The highest BCUT2D eigenvalue weighted by molar-refractivity contribution is 7.27. The molecule has 8 rings (SSSR count). The lowest BCUT2D eigenvalue weighted by Gasteiger charge is -2.18. The standard InChI is InChI=1S/C34H20S2/c1-2-9-21(10-3-1)30-23-11-4-6-13-25(23)31(26-14-7-5-12-24(26)30)27-15-8-16-28-32(27)33-29(36-28)18-17-22-19-20-35-34(22)33/h1-20H. The largest absolute Gasteiger partial charge is 0.143 e. The zero-order chi connectivity index (χ0) is 23.6. The number of fused-ring (bicyclic) bond motifs is 7. The molecule has 6 aromatic carbocycles. The van der Waals surface area contributed by atoms with Crippen molar-refractivity contribution in [2.75, 3.05) is 0 Å². The molecule has 0 spiro atoms. The molecule has 0 atom stereocenters. The van der Waals surface area contributed by atoms with Crippen LogP contribution in [0.5, 0.6) is 0 Å². The van der Waals surface area contributed by atoms with Crippen molar-refractivity contribution in [2.24, 2.45) is 0 Å². The van der Waals surface area contributed by atoms with Gasteiger partial charge in [-0.3, -0.25) is 0 Å². The van der Waals surface area contributed by atoms with Gasteiger partial charge in [-0.15, -0.1) is 22.7 Å². The van der Waals surface area contributed by atoms with Gasteiger partial charge in [-0.25, -0.2) is 0 Å². The first kappa shape index (κ1) is 20.2. The SMILES string of the molecule is c1ccc(-c2c3ccccc3c(-c3cccc4sc5ccc6ccsc6c5c34)c3ccccc23)cc1. The smallest absolute Gasteiger partial charge is 0.0436 e. The van der Waals surface area contributed by atoms with Crippen molar-refractivity contribution in [3.8, 4) is 22.3 Å². The molecule has 0 bridgehead atoms. The second-order valence-corrected chi connectivity index (χ2v) is 11.3. The van der Waals surface area contributed by atoms with Gasteiger partial charge in [0.1, 0.15) is 0 Å². The lowest BCUT2D eigenvalue weighted by Crippen LogP contribution is -1.91. The predicted molar refractivity (Wildman–Crippen MR) is 161 cm³/mol. The number of thiophene rings is 2. The van der Waals surface area contributed by atoms with Crippen LogP contribution in [0, 0.1) is 0 Å². The fourth-order valence-corrected chi connectivity index (χ4v) is 8.03. The average Bonchev–Trinajstić information content (AvgIpc) is 3.56. The van der Waals surface area contributed by atoms with Crippen LogP contribution in [-0.2, 0) is 0 Å². The Balaban J connectivity index is 1.61. The van der Waals surface area contributed by atoms with Crippen LogP contribution in [0.4, 0.5) is 0 Å². The minimum absolute atomic E-state index is 1.26. The van der Waals surface area contributed by atoms with E-state index in [0.717, 1.165) is 0 Å². The molecule has 2 heteroatoms. The Morgan fingerprint density at radius 1 is 0.444 bits per heavy atom. The molecule has 8 aromatic rings. The van der Waals surface area contributed by atoms with Crippen molar-refractivity contribution in [3.63, 3.8) is 0 Å². The van der Waals surface area contributed by atoms with E-state index in [1.165, 1.54) is 74.1 Å². The molecule has 0 fully saturated rings. The molecule has 0 unspecified atom stereocenters. The Labute approximate surface area is 216 Å². The molecule has 2 heterocycles. The summed E-state index contributed by atoms with van der Waals surface area (Å²) in [5.41, 5.74) is 5.23. The van der Waals surface area contributed by atoms with Crippen molar-refractivity contribution in [1.29, 1.82) is 0 Å². The quantitative estimate of drug-likeness (QED) is 0.211. The molecule has 0 radical (unpaired) electrons. The van der Waals surface area contributed by atoms with Crippen LogP contribution in [0.3, 0.4) is 0 Å². The number of rotatable bonds is 2. The van der Waals surface area contributed by atoms with Crippen molar-refractivity contribution in [3.05, 3.63) is 121 Å². The molecule has 0 saturated heterocycles. The minimum atomic E-state index is 1.26. The zero-order valence-electron chi connectivity index (χ0n) is 19.4. The molecule has 0 N–H and O–H groups in total. The zero-order valence-corrected chi connectivity index (χ0v) is 21.0. The Morgan fingerprint density at radius 2 is 1.08 bits per heavy atom. The summed E-state index contributed by atoms with van der Waals surface area (Å²) >= 11 is 3.76. The summed E-state index contributed by atoms with van der Waals surface area (Å²) in [6, 6.07) is 42.4. The number of hydrogen-bond donors (Lipinski definition) is 0. The molecule has 0 aliphatic heterocycles. The fraction of sp³-hybridized carbons (Fsp3) is 0. The van der Waals surface area contributed by atoms with Gasteiger partial charge in [-0.1, -0.05) is 97.1 Å². The van der Waals surface area contributed by atoms with E-state index < -0.39 is 0 Å². The van der Waals surface area contributed by atoms with E-state index in [9.17, 15) is 0 Å². The minimum Gasteiger partial charge on any atom is -0.143 e. The highest BCUT2D eigenvalue weighted by atomic mass is 32.1. The van der Waals surface area contributed by atoms with E-state index in [1.807, 2.05) is 22.7 Å². The molecule has 0 saturated carbocycles. The lowest BCUT2D eigenvalue weighted by molar-refractivity contribution is 1.67. The topological polar surface area (TPSA) is 0 Å². The second-order valence-electron chi connectivity index (χ2n) is 9.27. The predicted octanol–water partition coefficient (Wildman–Crippen LogP) is 10.9. The normalized spacial score (nSPS) is 11.9. The summed E-state index contributed by atoms with van der Waals surface area (Å²) in [6.45, 7) is 0. The van der Waals surface area contributed by atoms with E-state index in [2.05, 4.69) is 121 Å².